The number of hydrogen-bond acceptors (Lipinski definition) is 3. The number of unbranched alkanes of at least 4 members (excludes halogenated alkanes) is 3. The van der Waals surface area contributed by atoms with Gasteiger partial charge < -0.3 is 9.94 Å². The Labute approximate surface area is 116 Å². The molecule has 1 unspecified atom stereocenters. The maximum absolute atomic E-state index is 9.74. The van der Waals surface area contributed by atoms with E-state index in [1.165, 1.54) is 19.3 Å². The van der Waals surface area contributed by atoms with Gasteiger partial charge in [0.05, 0.1) is 11.8 Å². The standard InChI is InChI=1S/C16H25NO2/c1-3-4-5-9-12-16(18)13-19-17-14(2)15-10-7-6-8-11-15/h6-8,10-11,16,18H,3-5,9,12-13H2,1-2H3/b17-14+. The van der Waals surface area contributed by atoms with Crippen molar-refractivity contribution in [3.8, 4) is 0 Å². The lowest BCUT2D eigenvalue weighted by molar-refractivity contribution is 0.0344. The third-order valence-electron chi connectivity index (χ3n) is 3.05. The third kappa shape index (κ3) is 6.97. The van der Waals surface area contributed by atoms with Gasteiger partial charge in [-0.2, -0.15) is 0 Å². The lowest BCUT2D eigenvalue weighted by atomic mass is 10.1. The van der Waals surface area contributed by atoms with Crippen LogP contribution in [0.3, 0.4) is 0 Å². The molecule has 0 amide bonds. The molecule has 3 nitrogen and oxygen atoms in total. The average molecular weight is 263 g/mol. The van der Waals surface area contributed by atoms with Crippen molar-refractivity contribution >= 4 is 5.71 Å². The molecule has 1 aromatic carbocycles. The summed E-state index contributed by atoms with van der Waals surface area (Å²) in [4.78, 5) is 5.21. The van der Waals surface area contributed by atoms with Crippen molar-refractivity contribution in [3.63, 3.8) is 0 Å². The highest BCUT2D eigenvalue weighted by Gasteiger charge is 2.04. The van der Waals surface area contributed by atoms with Crippen LogP contribution in [0.25, 0.3) is 0 Å². The first-order chi connectivity index (χ1) is 9.24. The monoisotopic (exact) mass is 263 g/mol. The van der Waals surface area contributed by atoms with E-state index in [0.29, 0.717) is 0 Å². The molecule has 0 saturated carbocycles. The van der Waals surface area contributed by atoms with Gasteiger partial charge in [-0.1, -0.05) is 68.1 Å². The summed E-state index contributed by atoms with van der Waals surface area (Å²) >= 11 is 0. The fraction of sp³-hybridized carbons (Fsp3) is 0.562. The smallest absolute Gasteiger partial charge is 0.143 e. The minimum atomic E-state index is -0.413. The number of benzene rings is 1. The van der Waals surface area contributed by atoms with Crippen molar-refractivity contribution in [2.75, 3.05) is 6.61 Å². The van der Waals surface area contributed by atoms with Crippen LogP contribution in [0.5, 0.6) is 0 Å². The molecule has 0 aliphatic heterocycles. The minimum Gasteiger partial charge on any atom is -0.393 e. The van der Waals surface area contributed by atoms with E-state index in [-0.39, 0.29) is 6.61 Å². The van der Waals surface area contributed by atoms with Gasteiger partial charge in [0, 0.05) is 0 Å². The molecule has 0 aliphatic carbocycles. The lowest BCUT2D eigenvalue weighted by Gasteiger charge is -2.09. The number of nitrogens with zero attached hydrogens (tertiary/aromatic N) is 1. The van der Waals surface area contributed by atoms with Crippen LogP contribution < -0.4 is 0 Å². The van der Waals surface area contributed by atoms with E-state index in [9.17, 15) is 5.11 Å². The van der Waals surface area contributed by atoms with Gasteiger partial charge in [-0.05, 0) is 18.9 Å². The Bertz CT molecular complexity index is 362. The van der Waals surface area contributed by atoms with Gasteiger partial charge in [0.2, 0.25) is 0 Å². The Morgan fingerprint density at radius 2 is 1.95 bits per heavy atom. The summed E-state index contributed by atoms with van der Waals surface area (Å²) in [6.45, 7) is 4.36. The second-order valence-corrected chi connectivity index (χ2v) is 4.84. The van der Waals surface area contributed by atoms with Crippen molar-refractivity contribution in [1.29, 1.82) is 0 Å². The number of oxime groups is 1. The van der Waals surface area contributed by atoms with E-state index in [2.05, 4.69) is 12.1 Å². The topological polar surface area (TPSA) is 41.8 Å². The molecule has 1 N–H and O–H groups in total. The molecule has 1 aromatic rings. The highest BCUT2D eigenvalue weighted by Crippen LogP contribution is 2.06. The summed E-state index contributed by atoms with van der Waals surface area (Å²) in [5, 5.41) is 13.8. The van der Waals surface area contributed by atoms with E-state index in [1.807, 2.05) is 37.3 Å². The van der Waals surface area contributed by atoms with E-state index in [0.717, 1.165) is 24.1 Å². The first-order valence-electron chi connectivity index (χ1n) is 7.14. The predicted molar refractivity (Wildman–Crippen MR) is 79.4 cm³/mol. The lowest BCUT2D eigenvalue weighted by Crippen LogP contribution is -2.13. The van der Waals surface area contributed by atoms with Crippen LogP contribution in [0.15, 0.2) is 35.5 Å². The van der Waals surface area contributed by atoms with E-state index < -0.39 is 6.10 Å². The molecule has 0 bridgehead atoms. The Hall–Kier alpha value is -1.35. The van der Waals surface area contributed by atoms with Crippen LogP contribution >= 0.6 is 0 Å². The maximum atomic E-state index is 9.74. The summed E-state index contributed by atoms with van der Waals surface area (Å²) in [6, 6.07) is 9.89. The van der Waals surface area contributed by atoms with Crippen LogP contribution in [0.4, 0.5) is 0 Å². The fourth-order valence-corrected chi connectivity index (χ4v) is 1.84. The van der Waals surface area contributed by atoms with Crippen molar-refractivity contribution in [3.05, 3.63) is 35.9 Å². The van der Waals surface area contributed by atoms with Crippen LogP contribution in [-0.4, -0.2) is 23.5 Å². The summed E-state index contributed by atoms with van der Waals surface area (Å²) in [5.74, 6) is 0. The number of hydrogen-bond donors (Lipinski definition) is 1. The molecule has 0 spiro atoms. The molecule has 0 aliphatic rings. The van der Waals surface area contributed by atoms with Crippen molar-refractivity contribution in [2.45, 2.75) is 52.1 Å². The Kier molecular flexibility index (Phi) is 7.91. The second-order valence-electron chi connectivity index (χ2n) is 4.84. The summed E-state index contributed by atoms with van der Waals surface area (Å²) in [7, 11) is 0. The normalized spacial score (nSPS) is 13.3. The SMILES string of the molecule is CCCCCCC(O)CO/N=C(\C)c1ccccc1. The molecule has 0 fully saturated rings. The number of rotatable bonds is 9. The molecule has 1 atom stereocenters. The molecular weight excluding hydrogens is 238 g/mol. The van der Waals surface area contributed by atoms with Crippen molar-refractivity contribution < 1.29 is 9.94 Å². The largest absolute Gasteiger partial charge is 0.393 e. The van der Waals surface area contributed by atoms with E-state index in [1.54, 1.807) is 0 Å². The number of aliphatic hydroxyl groups is 1. The molecule has 0 heterocycles. The first kappa shape index (κ1) is 15.7. The Morgan fingerprint density at radius 1 is 1.21 bits per heavy atom. The maximum Gasteiger partial charge on any atom is 0.143 e. The van der Waals surface area contributed by atoms with Gasteiger partial charge in [0.1, 0.15) is 6.61 Å². The Morgan fingerprint density at radius 3 is 2.63 bits per heavy atom. The van der Waals surface area contributed by atoms with Crippen LogP contribution in [0.1, 0.15) is 51.5 Å². The zero-order valence-corrected chi connectivity index (χ0v) is 12.0. The van der Waals surface area contributed by atoms with Gasteiger partial charge in [-0.15, -0.1) is 0 Å². The average Bonchev–Trinajstić information content (AvgIpc) is 2.44. The summed E-state index contributed by atoms with van der Waals surface area (Å²) in [6.07, 6.45) is 5.06. The number of aliphatic hydroxyl groups excluding tert-OH is 1. The second kappa shape index (κ2) is 9.56. The van der Waals surface area contributed by atoms with Gasteiger partial charge in [0.15, 0.2) is 0 Å². The van der Waals surface area contributed by atoms with Gasteiger partial charge in [0.25, 0.3) is 0 Å². The highest BCUT2D eigenvalue weighted by atomic mass is 16.6. The quantitative estimate of drug-likeness (QED) is 0.419. The molecule has 0 aromatic heterocycles. The van der Waals surface area contributed by atoms with Gasteiger partial charge >= 0.3 is 0 Å². The summed E-state index contributed by atoms with van der Waals surface area (Å²) in [5.41, 5.74) is 1.87. The molecule has 0 saturated heterocycles. The van der Waals surface area contributed by atoms with Crippen LogP contribution in [-0.2, 0) is 4.84 Å². The van der Waals surface area contributed by atoms with Crippen molar-refractivity contribution in [2.24, 2.45) is 5.16 Å². The highest BCUT2D eigenvalue weighted by molar-refractivity contribution is 5.98. The zero-order chi connectivity index (χ0) is 13.9. The summed E-state index contributed by atoms with van der Waals surface area (Å²) < 4.78 is 0. The first-order valence-corrected chi connectivity index (χ1v) is 7.14. The fourth-order valence-electron chi connectivity index (χ4n) is 1.84. The zero-order valence-electron chi connectivity index (χ0n) is 12.0. The van der Waals surface area contributed by atoms with Crippen LogP contribution in [0, 0.1) is 0 Å². The van der Waals surface area contributed by atoms with Gasteiger partial charge in [-0.3, -0.25) is 0 Å². The molecule has 1 rings (SSSR count). The molecule has 0 radical (unpaired) electrons. The molecule has 106 valence electrons. The third-order valence-corrected chi connectivity index (χ3v) is 3.05. The van der Waals surface area contributed by atoms with E-state index >= 15 is 0 Å². The molecular formula is C16H25NO2. The minimum absolute atomic E-state index is 0.274. The van der Waals surface area contributed by atoms with Crippen LogP contribution in [0.2, 0.25) is 0 Å². The molecule has 3 heteroatoms. The van der Waals surface area contributed by atoms with Gasteiger partial charge in [-0.25, -0.2) is 0 Å². The molecule has 19 heavy (non-hydrogen) atoms. The van der Waals surface area contributed by atoms with E-state index in [4.69, 9.17) is 4.84 Å². The van der Waals surface area contributed by atoms with Crippen molar-refractivity contribution in [1.82, 2.24) is 0 Å². The predicted octanol–water partition coefficient (Wildman–Crippen LogP) is 3.76. The Balaban J connectivity index is 2.21.